The van der Waals surface area contributed by atoms with Crippen molar-refractivity contribution in [1.82, 2.24) is 24.1 Å². The maximum absolute atomic E-state index is 6.79. The smallest absolute Gasteiger partial charge is 0.167 e. The molecule has 5 aromatic heterocycles. The Morgan fingerprint density at radius 1 is 0.357 bits per heavy atom. The van der Waals surface area contributed by atoms with E-state index in [1.165, 1.54) is 30.9 Å². The molecule has 0 saturated heterocycles. The summed E-state index contributed by atoms with van der Waals surface area (Å²) >= 11 is 1.80. The summed E-state index contributed by atoms with van der Waals surface area (Å²) in [6.07, 6.45) is 0. The Morgan fingerprint density at radius 2 is 0.957 bits per heavy atom. The van der Waals surface area contributed by atoms with Crippen LogP contribution in [0.2, 0.25) is 0 Å². The molecule has 0 radical (unpaired) electrons. The van der Waals surface area contributed by atoms with Gasteiger partial charge in [-0.1, -0.05) is 146 Å². The van der Waals surface area contributed by atoms with Gasteiger partial charge in [-0.2, -0.15) is 0 Å². The lowest BCUT2D eigenvalue weighted by molar-refractivity contribution is 0.669. The Morgan fingerprint density at radius 3 is 1.81 bits per heavy atom. The van der Waals surface area contributed by atoms with Crippen LogP contribution in [0, 0.1) is 0 Å². The lowest BCUT2D eigenvalue weighted by Crippen LogP contribution is -2.01. The van der Waals surface area contributed by atoms with Crippen molar-refractivity contribution in [1.29, 1.82) is 0 Å². The number of para-hydroxylation sites is 5. The van der Waals surface area contributed by atoms with Crippen LogP contribution in [0.3, 0.4) is 0 Å². The first-order valence-electron chi connectivity index (χ1n) is 23.5. The highest BCUT2D eigenvalue weighted by Gasteiger charge is 2.24. The highest BCUT2D eigenvalue weighted by Crippen LogP contribution is 2.44. The second-order valence-electron chi connectivity index (χ2n) is 17.9. The molecule has 7 heteroatoms. The summed E-state index contributed by atoms with van der Waals surface area (Å²) in [5, 5.41) is 9.03. The van der Waals surface area contributed by atoms with Crippen molar-refractivity contribution < 1.29 is 4.42 Å². The van der Waals surface area contributed by atoms with Crippen molar-refractivity contribution in [2.75, 3.05) is 0 Å². The zero-order valence-electron chi connectivity index (χ0n) is 37.4. The van der Waals surface area contributed by atoms with Gasteiger partial charge in [-0.15, -0.1) is 11.3 Å². The molecule has 6 nitrogen and oxygen atoms in total. The van der Waals surface area contributed by atoms with E-state index in [4.69, 9.17) is 19.4 Å². The minimum atomic E-state index is 0.543. The molecule has 0 unspecified atom stereocenters. The van der Waals surface area contributed by atoms with E-state index in [9.17, 15) is 0 Å². The largest absolute Gasteiger partial charge is 0.455 e. The Hall–Kier alpha value is -9.17. The van der Waals surface area contributed by atoms with Crippen molar-refractivity contribution in [3.05, 3.63) is 224 Å². The second-order valence-corrected chi connectivity index (χ2v) is 19.0. The molecule has 0 spiro atoms. The minimum absolute atomic E-state index is 0.543. The Kier molecular flexibility index (Phi) is 8.43. The van der Waals surface area contributed by atoms with Crippen LogP contribution in [0.25, 0.3) is 142 Å². The first kappa shape index (κ1) is 38.9. The van der Waals surface area contributed by atoms with Gasteiger partial charge < -0.3 is 13.6 Å². The van der Waals surface area contributed by atoms with Crippen molar-refractivity contribution in [3.8, 4) is 56.7 Å². The van der Waals surface area contributed by atoms with Gasteiger partial charge in [0.2, 0.25) is 0 Å². The molecule has 0 amide bonds. The summed E-state index contributed by atoms with van der Waals surface area (Å²) in [6, 6.07) is 79.6. The molecule has 15 aromatic rings. The second kappa shape index (κ2) is 15.2. The van der Waals surface area contributed by atoms with Crippen molar-refractivity contribution in [2.24, 2.45) is 0 Å². The highest BCUT2D eigenvalue weighted by molar-refractivity contribution is 7.25. The van der Waals surface area contributed by atoms with Crippen LogP contribution < -0.4 is 0 Å². The van der Waals surface area contributed by atoms with E-state index in [2.05, 4.69) is 228 Å². The van der Waals surface area contributed by atoms with Gasteiger partial charge in [0.15, 0.2) is 17.5 Å². The van der Waals surface area contributed by atoms with E-state index in [1.54, 1.807) is 11.3 Å². The van der Waals surface area contributed by atoms with Crippen molar-refractivity contribution in [2.45, 2.75) is 0 Å². The molecule has 0 aliphatic rings. The fourth-order valence-electron chi connectivity index (χ4n) is 10.9. The maximum atomic E-state index is 6.79. The van der Waals surface area contributed by atoms with Crippen LogP contribution in [-0.4, -0.2) is 24.1 Å². The number of benzene rings is 10. The summed E-state index contributed by atoms with van der Waals surface area (Å²) in [4.78, 5) is 16.3. The molecule has 0 saturated carbocycles. The monoisotopic (exact) mass is 911 g/mol. The third kappa shape index (κ3) is 5.82. The predicted molar refractivity (Wildman–Crippen MR) is 290 cm³/mol. The van der Waals surface area contributed by atoms with E-state index in [-0.39, 0.29) is 0 Å². The van der Waals surface area contributed by atoms with Crippen LogP contribution in [0.5, 0.6) is 0 Å². The summed E-state index contributed by atoms with van der Waals surface area (Å²) in [6.45, 7) is 0. The standard InChI is InChI=1S/C63H37N5OS/c1-3-16-38(17-4-1)39-32-34-55-49(36-39)45-24-13-26-48(60(45)69-55)63-65-61(40-33-35-57-50(37-40)43-21-9-12-31-56(43)70-57)64-62(66-63)47-25-15-29-53-58(47)46-22-8-11-28-52(46)68(53)54-30-14-23-44-42-20-7-10-27-51(42)67(59(44)54)41-18-5-2-6-19-41/h1-37H. The molecule has 10 aromatic carbocycles. The number of thiophene rings is 1. The summed E-state index contributed by atoms with van der Waals surface area (Å²) in [7, 11) is 0. The number of hydrogen-bond donors (Lipinski definition) is 0. The van der Waals surface area contributed by atoms with Crippen LogP contribution in [-0.2, 0) is 0 Å². The quantitative estimate of drug-likeness (QED) is 0.167. The van der Waals surface area contributed by atoms with E-state index < -0.39 is 0 Å². The third-order valence-corrected chi connectivity index (χ3v) is 15.1. The van der Waals surface area contributed by atoms with E-state index in [1.807, 2.05) is 6.07 Å². The molecule has 70 heavy (non-hydrogen) atoms. The van der Waals surface area contributed by atoms with Crippen LogP contribution in [0.4, 0.5) is 0 Å². The lowest BCUT2D eigenvalue weighted by Gasteiger charge is -2.14. The van der Waals surface area contributed by atoms with Crippen LogP contribution in [0.15, 0.2) is 229 Å². The highest BCUT2D eigenvalue weighted by atomic mass is 32.1. The van der Waals surface area contributed by atoms with Crippen LogP contribution in [0.1, 0.15) is 0 Å². The third-order valence-electron chi connectivity index (χ3n) is 14.0. The number of nitrogens with zero attached hydrogens (tertiary/aromatic N) is 5. The minimum Gasteiger partial charge on any atom is -0.455 e. The van der Waals surface area contributed by atoms with Crippen molar-refractivity contribution in [3.63, 3.8) is 0 Å². The number of fused-ring (bicyclic) bond motifs is 12. The summed E-state index contributed by atoms with van der Waals surface area (Å²) < 4.78 is 14.1. The number of aromatic nitrogens is 5. The number of rotatable bonds is 6. The molecule has 0 aliphatic carbocycles. The van der Waals surface area contributed by atoms with Gasteiger partial charge in [0, 0.05) is 69.3 Å². The Labute approximate surface area is 404 Å². The Balaban J connectivity index is 0.995. The fraction of sp³-hybridized carbons (Fsp3) is 0. The average molecular weight is 912 g/mol. The lowest BCUT2D eigenvalue weighted by atomic mass is 10.0. The molecule has 0 N–H and O–H groups in total. The van der Waals surface area contributed by atoms with Gasteiger partial charge in [0.1, 0.15) is 11.2 Å². The molecular weight excluding hydrogens is 875 g/mol. The zero-order valence-corrected chi connectivity index (χ0v) is 38.2. The van der Waals surface area contributed by atoms with Gasteiger partial charge in [-0.25, -0.2) is 15.0 Å². The SMILES string of the molecule is c1ccc(-c2ccc3oc4c(-c5nc(-c6ccc7sc8ccccc8c7c6)nc(-c6cccc7c6c6ccccc6n7-c6cccc7c8ccccc8n(-c8ccccc8)c67)n5)cccc4c3c2)cc1. The van der Waals surface area contributed by atoms with Gasteiger partial charge in [0.25, 0.3) is 0 Å². The van der Waals surface area contributed by atoms with Gasteiger partial charge >= 0.3 is 0 Å². The molecule has 0 bridgehead atoms. The van der Waals surface area contributed by atoms with Gasteiger partial charge in [-0.3, -0.25) is 0 Å². The average Bonchev–Trinajstić information content (AvgIpc) is 4.19. The van der Waals surface area contributed by atoms with Gasteiger partial charge in [0.05, 0.1) is 33.3 Å². The molecule has 5 heterocycles. The number of hydrogen-bond acceptors (Lipinski definition) is 5. The molecule has 326 valence electrons. The van der Waals surface area contributed by atoms with Crippen LogP contribution >= 0.6 is 11.3 Å². The van der Waals surface area contributed by atoms with E-state index >= 15 is 0 Å². The molecule has 0 aliphatic heterocycles. The zero-order chi connectivity index (χ0) is 45.9. The summed E-state index contributed by atoms with van der Waals surface area (Å²) in [5.41, 5.74) is 13.1. The maximum Gasteiger partial charge on any atom is 0.167 e. The fourth-order valence-corrected chi connectivity index (χ4v) is 12.0. The first-order chi connectivity index (χ1) is 34.7. The van der Waals surface area contributed by atoms with Crippen molar-refractivity contribution >= 4 is 97.1 Å². The molecule has 0 atom stereocenters. The topological polar surface area (TPSA) is 61.7 Å². The van der Waals surface area contributed by atoms with E-state index in [0.717, 1.165) is 94.0 Å². The van der Waals surface area contributed by atoms with E-state index in [0.29, 0.717) is 17.5 Å². The van der Waals surface area contributed by atoms with Gasteiger partial charge in [-0.05, 0) is 90.0 Å². The predicted octanol–water partition coefficient (Wildman–Crippen LogP) is 17.0. The number of furan rings is 1. The summed E-state index contributed by atoms with van der Waals surface area (Å²) in [5.74, 6) is 1.72. The Bertz CT molecular complexity index is 4600. The molecule has 0 fully saturated rings. The molecule has 15 rings (SSSR count). The first-order valence-corrected chi connectivity index (χ1v) is 24.3. The molecular formula is C63H37N5OS. The normalized spacial score (nSPS) is 12.0.